The van der Waals surface area contributed by atoms with Crippen molar-refractivity contribution in [3.05, 3.63) is 52.9 Å². The summed E-state index contributed by atoms with van der Waals surface area (Å²) in [5.74, 6) is 1.34. The van der Waals surface area contributed by atoms with E-state index in [2.05, 4.69) is 10.2 Å². The molecule has 0 aliphatic heterocycles. The average molecular weight is 398 g/mol. The van der Waals surface area contributed by atoms with Gasteiger partial charge in [0.25, 0.3) is 5.89 Å². The SMILES string of the molecule is COc1cc(-c2nnc(COC(=O)c3ccc(C)cc3C)o2)cc(OC)c1OC. The lowest BCUT2D eigenvalue weighted by molar-refractivity contribution is 0.0438. The van der Waals surface area contributed by atoms with Gasteiger partial charge in [-0.2, -0.15) is 0 Å². The first-order valence-electron chi connectivity index (χ1n) is 8.84. The fourth-order valence-corrected chi connectivity index (χ4v) is 2.88. The second kappa shape index (κ2) is 8.64. The molecule has 0 spiro atoms. The van der Waals surface area contributed by atoms with Crippen LogP contribution in [0.5, 0.6) is 17.2 Å². The largest absolute Gasteiger partial charge is 0.493 e. The number of aryl methyl sites for hydroxylation is 2. The molecule has 0 saturated carbocycles. The van der Waals surface area contributed by atoms with E-state index in [9.17, 15) is 4.79 Å². The second-order valence-corrected chi connectivity index (χ2v) is 6.31. The topological polar surface area (TPSA) is 92.9 Å². The molecule has 1 aromatic heterocycles. The van der Waals surface area contributed by atoms with Crippen molar-refractivity contribution in [1.82, 2.24) is 10.2 Å². The van der Waals surface area contributed by atoms with Gasteiger partial charge in [-0.1, -0.05) is 17.7 Å². The van der Waals surface area contributed by atoms with E-state index in [0.717, 1.165) is 11.1 Å². The Morgan fingerprint density at radius 3 is 2.24 bits per heavy atom. The Labute approximate surface area is 168 Å². The highest BCUT2D eigenvalue weighted by atomic mass is 16.5. The molecule has 0 N–H and O–H groups in total. The van der Waals surface area contributed by atoms with Crippen molar-refractivity contribution in [2.75, 3.05) is 21.3 Å². The summed E-state index contributed by atoms with van der Waals surface area (Å²) in [7, 11) is 4.56. The van der Waals surface area contributed by atoms with Crippen molar-refractivity contribution < 1.29 is 28.2 Å². The van der Waals surface area contributed by atoms with E-state index in [-0.39, 0.29) is 18.4 Å². The van der Waals surface area contributed by atoms with Crippen LogP contribution in [0.3, 0.4) is 0 Å². The zero-order valence-electron chi connectivity index (χ0n) is 16.9. The van der Waals surface area contributed by atoms with Crippen molar-refractivity contribution in [2.24, 2.45) is 0 Å². The standard InChI is InChI=1S/C21H22N2O6/c1-12-6-7-15(13(2)8-12)21(24)28-11-18-22-23-20(29-18)14-9-16(25-3)19(27-5)17(10-14)26-4/h6-10H,11H2,1-5H3. The highest BCUT2D eigenvalue weighted by Crippen LogP contribution is 2.40. The van der Waals surface area contributed by atoms with Gasteiger partial charge in [0, 0.05) is 5.56 Å². The molecule has 2 aromatic carbocycles. The van der Waals surface area contributed by atoms with Gasteiger partial charge in [0.05, 0.1) is 26.9 Å². The monoisotopic (exact) mass is 398 g/mol. The molecule has 0 aliphatic rings. The highest BCUT2D eigenvalue weighted by molar-refractivity contribution is 5.91. The quantitative estimate of drug-likeness (QED) is 0.556. The summed E-state index contributed by atoms with van der Waals surface area (Å²) < 4.78 is 26.9. The minimum Gasteiger partial charge on any atom is -0.493 e. The second-order valence-electron chi connectivity index (χ2n) is 6.31. The number of nitrogens with zero attached hydrogens (tertiary/aromatic N) is 2. The Kier molecular flexibility index (Phi) is 6.01. The number of rotatable bonds is 7. The number of hydrogen-bond acceptors (Lipinski definition) is 8. The maximum atomic E-state index is 12.3. The van der Waals surface area contributed by atoms with E-state index < -0.39 is 5.97 Å². The summed E-state index contributed by atoms with van der Waals surface area (Å²) in [6.45, 7) is 3.69. The molecule has 8 nitrogen and oxygen atoms in total. The van der Waals surface area contributed by atoms with E-state index in [1.807, 2.05) is 26.0 Å². The van der Waals surface area contributed by atoms with Crippen molar-refractivity contribution in [3.8, 4) is 28.7 Å². The van der Waals surface area contributed by atoms with Crippen molar-refractivity contribution in [3.63, 3.8) is 0 Å². The minimum absolute atomic E-state index is 0.135. The van der Waals surface area contributed by atoms with Crippen molar-refractivity contribution in [1.29, 1.82) is 0 Å². The summed E-state index contributed by atoms with van der Waals surface area (Å²) >= 11 is 0. The predicted octanol–water partition coefficient (Wildman–Crippen LogP) is 3.74. The lowest BCUT2D eigenvalue weighted by Crippen LogP contribution is -2.07. The van der Waals surface area contributed by atoms with Crippen molar-refractivity contribution >= 4 is 5.97 Å². The first-order valence-corrected chi connectivity index (χ1v) is 8.84. The Morgan fingerprint density at radius 2 is 1.66 bits per heavy atom. The third kappa shape index (κ3) is 4.31. The molecule has 8 heteroatoms. The first-order chi connectivity index (χ1) is 14.0. The molecule has 0 unspecified atom stereocenters. The molecule has 1 heterocycles. The maximum absolute atomic E-state index is 12.3. The number of esters is 1. The van der Waals surface area contributed by atoms with Crippen molar-refractivity contribution in [2.45, 2.75) is 20.5 Å². The molecule has 3 rings (SSSR count). The molecule has 0 bridgehead atoms. The molecule has 0 radical (unpaired) electrons. The zero-order chi connectivity index (χ0) is 21.0. The molecular weight excluding hydrogens is 376 g/mol. The van der Waals surface area contributed by atoms with Crippen LogP contribution in [0.4, 0.5) is 0 Å². The van der Waals surface area contributed by atoms with Crippen LogP contribution < -0.4 is 14.2 Å². The number of carbonyl (C=O) groups excluding carboxylic acids is 1. The van der Waals surface area contributed by atoms with Gasteiger partial charge in [0.1, 0.15) is 0 Å². The smallest absolute Gasteiger partial charge is 0.338 e. The number of benzene rings is 2. The fraction of sp³-hybridized carbons (Fsp3) is 0.286. The molecule has 29 heavy (non-hydrogen) atoms. The summed E-state index contributed by atoms with van der Waals surface area (Å²) in [4.78, 5) is 12.3. The molecule has 0 aliphatic carbocycles. The maximum Gasteiger partial charge on any atom is 0.338 e. The van der Waals surface area contributed by atoms with Gasteiger partial charge in [-0.05, 0) is 37.6 Å². The molecule has 0 fully saturated rings. The van der Waals surface area contributed by atoms with E-state index in [4.69, 9.17) is 23.4 Å². The normalized spacial score (nSPS) is 10.5. The van der Waals surface area contributed by atoms with E-state index in [0.29, 0.717) is 28.4 Å². The van der Waals surface area contributed by atoms with Crippen LogP contribution in [0.25, 0.3) is 11.5 Å². The minimum atomic E-state index is -0.449. The number of hydrogen-bond donors (Lipinski definition) is 0. The molecule has 152 valence electrons. The Hall–Kier alpha value is -3.55. The van der Waals surface area contributed by atoms with Crippen LogP contribution >= 0.6 is 0 Å². The van der Waals surface area contributed by atoms with Crippen LogP contribution in [0.1, 0.15) is 27.4 Å². The summed E-state index contributed by atoms with van der Waals surface area (Å²) in [6, 6.07) is 8.91. The molecule has 0 saturated heterocycles. The number of methoxy groups -OCH3 is 3. The van der Waals surface area contributed by atoms with Crippen LogP contribution in [-0.4, -0.2) is 37.5 Å². The average Bonchev–Trinajstić information content (AvgIpc) is 3.20. The van der Waals surface area contributed by atoms with Gasteiger partial charge in [-0.15, -0.1) is 10.2 Å². The Bertz CT molecular complexity index is 1000. The summed E-state index contributed by atoms with van der Waals surface area (Å²) in [5.41, 5.74) is 3.00. The first kappa shape index (κ1) is 20.2. The van der Waals surface area contributed by atoms with Gasteiger partial charge in [-0.3, -0.25) is 0 Å². The van der Waals surface area contributed by atoms with E-state index >= 15 is 0 Å². The fourth-order valence-electron chi connectivity index (χ4n) is 2.88. The van der Waals surface area contributed by atoms with Crippen LogP contribution in [0.15, 0.2) is 34.7 Å². The van der Waals surface area contributed by atoms with Gasteiger partial charge in [0.15, 0.2) is 18.1 Å². The Balaban J connectivity index is 1.76. The van der Waals surface area contributed by atoms with Gasteiger partial charge >= 0.3 is 5.97 Å². The molecule has 0 amide bonds. The molecule has 0 atom stereocenters. The summed E-state index contributed by atoms with van der Waals surface area (Å²) in [6.07, 6.45) is 0. The lowest BCUT2D eigenvalue weighted by Gasteiger charge is -2.12. The van der Waals surface area contributed by atoms with Gasteiger partial charge in [0.2, 0.25) is 11.6 Å². The number of ether oxygens (including phenoxy) is 4. The predicted molar refractivity (Wildman–Crippen MR) is 104 cm³/mol. The summed E-state index contributed by atoms with van der Waals surface area (Å²) in [5, 5.41) is 7.95. The van der Waals surface area contributed by atoms with Crippen LogP contribution in [0, 0.1) is 13.8 Å². The zero-order valence-corrected chi connectivity index (χ0v) is 16.9. The third-order valence-corrected chi connectivity index (χ3v) is 4.31. The van der Waals surface area contributed by atoms with Gasteiger partial charge < -0.3 is 23.4 Å². The van der Waals surface area contributed by atoms with E-state index in [1.54, 1.807) is 18.2 Å². The molecular formula is C21H22N2O6. The highest BCUT2D eigenvalue weighted by Gasteiger charge is 2.18. The van der Waals surface area contributed by atoms with Gasteiger partial charge in [-0.25, -0.2) is 4.79 Å². The number of carbonyl (C=O) groups is 1. The van der Waals surface area contributed by atoms with Crippen LogP contribution in [-0.2, 0) is 11.3 Å². The Morgan fingerprint density at radius 1 is 0.966 bits per heavy atom. The van der Waals surface area contributed by atoms with E-state index in [1.165, 1.54) is 21.3 Å². The van der Waals surface area contributed by atoms with Crippen LogP contribution in [0.2, 0.25) is 0 Å². The number of aromatic nitrogens is 2. The lowest BCUT2D eigenvalue weighted by atomic mass is 10.1. The molecule has 3 aromatic rings. The third-order valence-electron chi connectivity index (χ3n) is 4.31.